The van der Waals surface area contributed by atoms with E-state index in [1.54, 1.807) is 0 Å². The van der Waals surface area contributed by atoms with Crippen molar-refractivity contribution in [3.05, 3.63) is 0 Å². The summed E-state index contributed by atoms with van der Waals surface area (Å²) in [5.41, 5.74) is 0.115. The summed E-state index contributed by atoms with van der Waals surface area (Å²) in [5, 5.41) is 0. The molecule has 0 amide bonds. The van der Waals surface area contributed by atoms with Crippen molar-refractivity contribution in [2.45, 2.75) is 61.8 Å². The van der Waals surface area contributed by atoms with E-state index in [1.165, 1.54) is 0 Å². The fourth-order valence-electron chi connectivity index (χ4n) is 3.15. The predicted molar refractivity (Wildman–Crippen MR) is 71.4 cm³/mol. The Kier molecular flexibility index (Phi) is 5.72. The minimum atomic E-state index is 0.115. The van der Waals surface area contributed by atoms with Gasteiger partial charge in [0.2, 0.25) is 0 Å². The second-order valence-electron chi connectivity index (χ2n) is 6.87. The second kappa shape index (κ2) is 5.84. The van der Waals surface area contributed by atoms with Crippen molar-refractivity contribution in [2.24, 2.45) is 29.1 Å². The molecular weight excluding hydrogens is 196 g/mol. The highest BCUT2D eigenvalue weighted by molar-refractivity contribution is 5.83. The zero-order valence-electron chi connectivity index (χ0n) is 12.4. The van der Waals surface area contributed by atoms with Crippen LogP contribution in [0.1, 0.15) is 61.8 Å². The van der Waals surface area contributed by atoms with Crippen molar-refractivity contribution in [3.63, 3.8) is 0 Å². The van der Waals surface area contributed by atoms with Crippen molar-refractivity contribution in [3.8, 4) is 0 Å². The normalized spacial score (nSPS) is 14.9. The lowest BCUT2D eigenvalue weighted by molar-refractivity contribution is -0.132. The van der Waals surface area contributed by atoms with Crippen molar-refractivity contribution in [1.82, 2.24) is 0 Å². The number of Topliss-reactive ketones (excluding diaryl/α,β-unsaturated/α-hetero) is 1. The monoisotopic (exact) mass is 226 g/mol. The molecule has 0 saturated carbocycles. The molecule has 0 heterocycles. The maximum absolute atomic E-state index is 12.3. The lowest BCUT2D eigenvalue weighted by Crippen LogP contribution is -2.38. The van der Waals surface area contributed by atoms with Crippen LogP contribution >= 0.6 is 0 Å². The average molecular weight is 226 g/mol. The molecule has 0 N–H and O–H groups in total. The Morgan fingerprint density at radius 3 is 1.69 bits per heavy atom. The molecule has 1 unspecified atom stereocenters. The maximum Gasteiger partial charge on any atom is 0.139 e. The standard InChI is InChI=1S/C15H30O/c1-10(2)9-15(7,8)13(11(3)4)14(16)12(5)6/h10-13H,9H2,1-8H3. The van der Waals surface area contributed by atoms with Crippen LogP contribution in [-0.4, -0.2) is 5.78 Å². The zero-order valence-corrected chi connectivity index (χ0v) is 12.4. The Bertz CT molecular complexity index is 224. The first kappa shape index (κ1) is 15.7. The van der Waals surface area contributed by atoms with Crippen LogP contribution in [0.2, 0.25) is 0 Å². The van der Waals surface area contributed by atoms with Gasteiger partial charge >= 0.3 is 0 Å². The molecule has 1 heteroatoms. The second-order valence-corrected chi connectivity index (χ2v) is 6.87. The summed E-state index contributed by atoms with van der Waals surface area (Å²) in [6.07, 6.45) is 1.12. The number of carbonyl (C=O) groups excluding carboxylic acids is 1. The summed E-state index contributed by atoms with van der Waals surface area (Å²) in [6.45, 7) is 17.3. The third-order valence-corrected chi connectivity index (χ3v) is 3.32. The number of hydrogen-bond donors (Lipinski definition) is 0. The van der Waals surface area contributed by atoms with Gasteiger partial charge in [0.15, 0.2) is 0 Å². The Labute approximate surface area is 102 Å². The highest BCUT2D eigenvalue weighted by Gasteiger charge is 2.38. The first-order valence-electron chi connectivity index (χ1n) is 6.63. The Morgan fingerprint density at radius 1 is 1.00 bits per heavy atom. The van der Waals surface area contributed by atoms with Gasteiger partial charge in [-0.3, -0.25) is 4.79 Å². The van der Waals surface area contributed by atoms with Crippen LogP contribution in [0, 0.1) is 29.1 Å². The van der Waals surface area contributed by atoms with Crippen molar-refractivity contribution in [1.29, 1.82) is 0 Å². The number of ketones is 1. The minimum Gasteiger partial charge on any atom is -0.299 e. The molecule has 0 fully saturated rings. The summed E-state index contributed by atoms with van der Waals surface area (Å²) in [4.78, 5) is 12.3. The van der Waals surface area contributed by atoms with E-state index >= 15 is 0 Å². The molecule has 0 radical (unpaired) electrons. The van der Waals surface area contributed by atoms with E-state index in [-0.39, 0.29) is 17.3 Å². The first-order chi connectivity index (χ1) is 7.09. The van der Waals surface area contributed by atoms with Gasteiger partial charge in [-0.25, -0.2) is 0 Å². The Hall–Kier alpha value is -0.330. The lowest BCUT2D eigenvalue weighted by atomic mass is 9.65. The van der Waals surface area contributed by atoms with Gasteiger partial charge in [-0.2, -0.15) is 0 Å². The van der Waals surface area contributed by atoms with Crippen molar-refractivity contribution >= 4 is 5.78 Å². The van der Waals surface area contributed by atoms with Crippen LogP contribution in [0.25, 0.3) is 0 Å². The topological polar surface area (TPSA) is 17.1 Å². The van der Waals surface area contributed by atoms with E-state index in [0.717, 1.165) is 6.42 Å². The molecule has 0 saturated heterocycles. The molecule has 0 bridgehead atoms. The smallest absolute Gasteiger partial charge is 0.139 e. The molecule has 0 aromatic carbocycles. The van der Waals surface area contributed by atoms with E-state index in [1.807, 2.05) is 13.8 Å². The first-order valence-corrected chi connectivity index (χ1v) is 6.63. The van der Waals surface area contributed by atoms with Gasteiger partial charge in [-0.05, 0) is 23.7 Å². The van der Waals surface area contributed by atoms with Gasteiger partial charge < -0.3 is 0 Å². The van der Waals surface area contributed by atoms with Gasteiger partial charge in [-0.1, -0.05) is 55.4 Å². The van der Waals surface area contributed by atoms with E-state index in [2.05, 4.69) is 41.5 Å². The van der Waals surface area contributed by atoms with Crippen molar-refractivity contribution in [2.75, 3.05) is 0 Å². The highest BCUT2D eigenvalue weighted by atomic mass is 16.1. The number of carbonyl (C=O) groups is 1. The van der Waals surface area contributed by atoms with Crippen LogP contribution in [0.3, 0.4) is 0 Å². The maximum atomic E-state index is 12.3. The molecule has 0 aliphatic carbocycles. The van der Waals surface area contributed by atoms with E-state index in [0.29, 0.717) is 17.6 Å². The largest absolute Gasteiger partial charge is 0.299 e. The summed E-state index contributed by atoms with van der Waals surface area (Å²) < 4.78 is 0. The third kappa shape index (κ3) is 4.27. The van der Waals surface area contributed by atoms with Gasteiger partial charge in [-0.15, -0.1) is 0 Å². The molecule has 1 nitrogen and oxygen atoms in total. The Balaban J connectivity index is 4.97. The molecular formula is C15H30O. The van der Waals surface area contributed by atoms with Gasteiger partial charge in [0.1, 0.15) is 5.78 Å². The van der Waals surface area contributed by atoms with Crippen LogP contribution in [0.5, 0.6) is 0 Å². The van der Waals surface area contributed by atoms with Crippen LogP contribution in [0.4, 0.5) is 0 Å². The fraction of sp³-hybridized carbons (Fsp3) is 0.933. The molecule has 96 valence electrons. The predicted octanol–water partition coefficient (Wildman–Crippen LogP) is 4.56. The minimum absolute atomic E-state index is 0.115. The van der Waals surface area contributed by atoms with E-state index < -0.39 is 0 Å². The molecule has 0 rings (SSSR count). The third-order valence-electron chi connectivity index (χ3n) is 3.32. The van der Waals surface area contributed by atoms with Crippen LogP contribution in [0.15, 0.2) is 0 Å². The summed E-state index contributed by atoms with van der Waals surface area (Å²) >= 11 is 0. The summed E-state index contributed by atoms with van der Waals surface area (Å²) in [7, 11) is 0. The quantitative estimate of drug-likeness (QED) is 0.649. The summed E-state index contributed by atoms with van der Waals surface area (Å²) in [6, 6.07) is 0. The van der Waals surface area contributed by atoms with Gasteiger partial charge in [0.25, 0.3) is 0 Å². The molecule has 0 aliphatic rings. The van der Waals surface area contributed by atoms with Crippen molar-refractivity contribution < 1.29 is 4.79 Å². The highest BCUT2D eigenvalue weighted by Crippen LogP contribution is 2.40. The van der Waals surface area contributed by atoms with Gasteiger partial charge in [0, 0.05) is 11.8 Å². The Morgan fingerprint density at radius 2 is 1.44 bits per heavy atom. The SMILES string of the molecule is CC(C)CC(C)(C)C(C(=O)C(C)C)C(C)C. The molecule has 0 aromatic heterocycles. The number of rotatable bonds is 6. The lowest BCUT2D eigenvalue weighted by Gasteiger charge is -2.38. The molecule has 0 aliphatic heterocycles. The summed E-state index contributed by atoms with van der Waals surface area (Å²) in [5.74, 6) is 1.86. The molecule has 16 heavy (non-hydrogen) atoms. The van der Waals surface area contributed by atoms with Crippen LogP contribution in [-0.2, 0) is 4.79 Å². The fourth-order valence-corrected chi connectivity index (χ4v) is 3.15. The van der Waals surface area contributed by atoms with E-state index in [4.69, 9.17) is 0 Å². The molecule has 1 atom stereocenters. The van der Waals surface area contributed by atoms with Gasteiger partial charge in [0.05, 0.1) is 0 Å². The molecule has 0 spiro atoms. The number of hydrogen-bond acceptors (Lipinski definition) is 1. The van der Waals surface area contributed by atoms with Crippen LogP contribution < -0.4 is 0 Å². The average Bonchev–Trinajstić information content (AvgIpc) is 1.98. The molecule has 0 aromatic rings. The zero-order chi connectivity index (χ0) is 13.1. The van der Waals surface area contributed by atoms with E-state index in [9.17, 15) is 4.79 Å².